The van der Waals surface area contributed by atoms with E-state index >= 15 is 0 Å². The van der Waals surface area contributed by atoms with Gasteiger partial charge in [0.25, 0.3) is 5.56 Å². The van der Waals surface area contributed by atoms with E-state index in [1.165, 1.54) is 16.7 Å². The number of nitrogens with zero attached hydrogens (tertiary/aromatic N) is 1. The van der Waals surface area contributed by atoms with Crippen molar-refractivity contribution in [3.8, 4) is 5.69 Å². The minimum Gasteiger partial charge on any atom is -0.477 e. The fraction of sp³-hybridized carbons (Fsp3) is 0.0667. The van der Waals surface area contributed by atoms with E-state index in [0.717, 1.165) is 5.56 Å². The number of rotatable bonds is 2. The highest BCUT2D eigenvalue weighted by molar-refractivity contribution is 5.93. The molecule has 5 nitrogen and oxygen atoms in total. The van der Waals surface area contributed by atoms with Crippen molar-refractivity contribution in [1.29, 1.82) is 0 Å². The van der Waals surface area contributed by atoms with E-state index < -0.39 is 5.97 Å². The molecule has 0 bridgehead atoms. The number of aryl methyl sites for hydroxylation is 1. The molecule has 0 fully saturated rings. The van der Waals surface area contributed by atoms with Gasteiger partial charge in [0.15, 0.2) is 0 Å². The van der Waals surface area contributed by atoms with Gasteiger partial charge >= 0.3 is 5.97 Å². The molecule has 100 valence electrons. The molecule has 3 rings (SSSR count). The van der Waals surface area contributed by atoms with Crippen LogP contribution in [0.5, 0.6) is 0 Å². The molecule has 2 aromatic heterocycles. The van der Waals surface area contributed by atoms with Crippen molar-refractivity contribution in [2.24, 2.45) is 0 Å². The first kappa shape index (κ1) is 12.2. The Balaban J connectivity index is 2.33. The van der Waals surface area contributed by atoms with Crippen molar-refractivity contribution in [3.05, 3.63) is 64.1 Å². The summed E-state index contributed by atoms with van der Waals surface area (Å²) in [5, 5.41) is 9.72. The van der Waals surface area contributed by atoms with Crippen molar-refractivity contribution in [2.75, 3.05) is 0 Å². The molecule has 2 heterocycles. The Hall–Kier alpha value is -2.82. The number of H-pyrrole nitrogens is 1. The summed E-state index contributed by atoms with van der Waals surface area (Å²) < 4.78 is 1.47. The monoisotopic (exact) mass is 268 g/mol. The number of carboxylic acid groups (broad SMARTS) is 1. The van der Waals surface area contributed by atoms with Gasteiger partial charge in [0.1, 0.15) is 11.3 Å². The molecule has 20 heavy (non-hydrogen) atoms. The molecular formula is C15H12N2O3. The highest BCUT2D eigenvalue weighted by atomic mass is 16.4. The zero-order valence-electron chi connectivity index (χ0n) is 10.8. The molecule has 5 heteroatoms. The second kappa shape index (κ2) is 4.38. The average molecular weight is 268 g/mol. The van der Waals surface area contributed by atoms with Crippen molar-refractivity contribution >= 4 is 17.0 Å². The quantitative estimate of drug-likeness (QED) is 0.749. The number of fused-ring (bicyclic) bond motifs is 1. The highest BCUT2D eigenvalue weighted by Crippen LogP contribution is 2.17. The molecule has 0 aliphatic rings. The fourth-order valence-electron chi connectivity index (χ4n) is 2.18. The Morgan fingerprint density at radius 2 is 1.85 bits per heavy atom. The van der Waals surface area contributed by atoms with Crippen LogP contribution in [0.2, 0.25) is 0 Å². The number of carbonyl (C=O) groups is 1. The number of hydrogen-bond acceptors (Lipinski definition) is 2. The number of nitrogens with one attached hydrogen (secondary N) is 1. The molecule has 0 amide bonds. The summed E-state index contributed by atoms with van der Waals surface area (Å²) in [5.41, 5.74) is 2.13. The van der Waals surface area contributed by atoms with Crippen LogP contribution >= 0.6 is 0 Å². The molecule has 1 aromatic carbocycles. The second-order valence-electron chi connectivity index (χ2n) is 4.63. The molecule has 0 unspecified atom stereocenters. The number of aromatic carboxylic acids is 1. The summed E-state index contributed by atoms with van der Waals surface area (Å²) in [6, 6.07) is 12.0. The van der Waals surface area contributed by atoms with Gasteiger partial charge in [0, 0.05) is 11.5 Å². The van der Waals surface area contributed by atoms with Crippen LogP contribution < -0.4 is 5.56 Å². The Bertz CT molecular complexity index is 857. The van der Waals surface area contributed by atoms with Crippen LogP contribution in [0, 0.1) is 6.92 Å². The van der Waals surface area contributed by atoms with Crippen molar-refractivity contribution in [1.82, 2.24) is 9.55 Å². The zero-order valence-corrected chi connectivity index (χ0v) is 10.8. The van der Waals surface area contributed by atoms with Crippen LogP contribution in [0.1, 0.15) is 16.1 Å². The predicted molar refractivity (Wildman–Crippen MR) is 75.6 cm³/mol. The van der Waals surface area contributed by atoms with Gasteiger partial charge in [-0.1, -0.05) is 17.7 Å². The number of benzene rings is 1. The third-order valence-corrected chi connectivity index (χ3v) is 3.20. The summed E-state index contributed by atoms with van der Waals surface area (Å²) in [4.78, 5) is 25.9. The SMILES string of the molecule is Cc1ccc(-n2c(=O)ccc3cc(C(=O)O)[nH]c32)cc1. The maximum Gasteiger partial charge on any atom is 0.352 e. The first-order valence-electron chi connectivity index (χ1n) is 6.11. The fourth-order valence-corrected chi connectivity index (χ4v) is 2.18. The van der Waals surface area contributed by atoms with E-state index in [9.17, 15) is 9.59 Å². The van der Waals surface area contributed by atoms with Gasteiger partial charge in [-0.2, -0.15) is 0 Å². The maximum absolute atomic E-state index is 12.1. The minimum atomic E-state index is -1.05. The van der Waals surface area contributed by atoms with E-state index in [2.05, 4.69) is 4.98 Å². The summed E-state index contributed by atoms with van der Waals surface area (Å²) >= 11 is 0. The normalized spacial score (nSPS) is 10.8. The first-order valence-corrected chi connectivity index (χ1v) is 6.11. The Kier molecular flexibility index (Phi) is 2.68. The Labute approximate surface area is 114 Å². The number of aromatic amines is 1. The van der Waals surface area contributed by atoms with Crippen LogP contribution in [-0.2, 0) is 0 Å². The lowest BCUT2D eigenvalue weighted by atomic mass is 10.2. The van der Waals surface area contributed by atoms with Gasteiger partial charge in [-0.25, -0.2) is 4.79 Å². The molecule has 0 atom stereocenters. The van der Waals surface area contributed by atoms with Crippen LogP contribution in [0.4, 0.5) is 0 Å². The zero-order chi connectivity index (χ0) is 14.3. The van der Waals surface area contributed by atoms with Crippen molar-refractivity contribution in [2.45, 2.75) is 6.92 Å². The lowest BCUT2D eigenvalue weighted by molar-refractivity contribution is 0.0691. The predicted octanol–water partition coefficient (Wildman–Crippen LogP) is 2.33. The van der Waals surface area contributed by atoms with Crippen LogP contribution in [0.15, 0.2) is 47.3 Å². The molecule has 0 aliphatic carbocycles. The largest absolute Gasteiger partial charge is 0.477 e. The number of carboxylic acids is 1. The van der Waals surface area contributed by atoms with E-state index in [1.54, 1.807) is 6.07 Å². The van der Waals surface area contributed by atoms with Crippen molar-refractivity contribution in [3.63, 3.8) is 0 Å². The number of pyridine rings is 1. The third-order valence-electron chi connectivity index (χ3n) is 3.20. The molecule has 0 saturated heterocycles. The minimum absolute atomic E-state index is 0.0615. The summed E-state index contributed by atoms with van der Waals surface area (Å²) in [7, 11) is 0. The highest BCUT2D eigenvalue weighted by Gasteiger charge is 2.12. The summed E-state index contributed by atoms with van der Waals surface area (Å²) in [6.07, 6.45) is 0. The molecule has 0 radical (unpaired) electrons. The standard InChI is InChI=1S/C15H12N2O3/c1-9-2-5-11(6-3-9)17-13(18)7-4-10-8-12(15(19)20)16-14(10)17/h2-8,16H,1H3,(H,19,20). The van der Waals surface area contributed by atoms with E-state index in [-0.39, 0.29) is 11.3 Å². The number of hydrogen-bond donors (Lipinski definition) is 2. The average Bonchev–Trinajstić information content (AvgIpc) is 2.84. The molecular weight excluding hydrogens is 256 g/mol. The van der Waals surface area contributed by atoms with Crippen LogP contribution in [-0.4, -0.2) is 20.6 Å². The van der Waals surface area contributed by atoms with E-state index in [1.807, 2.05) is 31.2 Å². The van der Waals surface area contributed by atoms with Crippen LogP contribution in [0.25, 0.3) is 16.7 Å². The Morgan fingerprint density at radius 3 is 2.50 bits per heavy atom. The van der Waals surface area contributed by atoms with E-state index in [4.69, 9.17) is 5.11 Å². The second-order valence-corrected chi connectivity index (χ2v) is 4.63. The van der Waals surface area contributed by atoms with Gasteiger partial charge < -0.3 is 10.1 Å². The van der Waals surface area contributed by atoms with Crippen LogP contribution in [0.3, 0.4) is 0 Å². The molecule has 2 N–H and O–H groups in total. The lowest BCUT2D eigenvalue weighted by Gasteiger charge is -2.07. The topological polar surface area (TPSA) is 75.1 Å². The Morgan fingerprint density at radius 1 is 1.15 bits per heavy atom. The number of aromatic nitrogens is 2. The maximum atomic E-state index is 12.1. The van der Waals surface area contributed by atoms with Gasteiger partial charge in [-0.05, 0) is 31.2 Å². The van der Waals surface area contributed by atoms with Gasteiger partial charge in [-0.15, -0.1) is 0 Å². The third kappa shape index (κ3) is 1.89. The van der Waals surface area contributed by atoms with Crippen molar-refractivity contribution < 1.29 is 9.90 Å². The van der Waals surface area contributed by atoms with E-state index in [0.29, 0.717) is 16.7 Å². The van der Waals surface area contributed by atoms with Gasteiger partial charge in [0.05, 0.1) is 5.69 Å². The van der Waals surface area contributed by atoms with Gasteiger partial charge in [-0.3, -0.25) is 9.36 Å². The summed E-state index contributed by atoms with van der Waals surface area (Å²) in [6.45, 7) is 1.96. The summed E-state index contributed by atoms with van der Waals surface area (Å²) in [5.74, 6) is -1.05. The molecule has 0 spiro atoms. The van der Waals surface area contributed by atoms with Gasteiger partial charge in [0.2, 0.25) is 0 Å². The molecule has 3 aromatic rings. The first-order chi connectivity index (χ1) is 9.56. The smallest absolute Gasteiger partial charge is 0.352 e. The lowest BCUT2D eigenvalue weighted by Crippen LogP contribution is -2.17. The molecule has 0 saturated carbocycles. The molecule has 0 aliphatic heterocycles.